The van der Waals surface area contributed by atoms with Crippen LogP contribution in [-0.2, 0) is 22.5 Å². The van der Waals surface area contributed by atoms with Gasteiger partial charge in [-0.1, -0.05) is 6.08 Å². The number of amides is 1. The fourth-order valence-electron chi connectivity index (χ4n) is 2.56. The summed E-state index contributed by atoms with van der Waals surface area (Å²) in [6.45, 7) is 5.92. The summed E-state index contributed by atoms with van der Waals surface area (Å²) in [6.07, 6.45) is 2.47. The van der Waals surface area contributed by atoms with Crippen molar-refractivity contribution in [3.8, 4) is 11.5 Å². The molecule has 1 fully saturated rings. The van der Waals surface area contributed by atoms with Crippen LogP contribution in [0.25, 0.3) is 0 Å². The standard InChI is InChI=1S/C17H24N2O4.ClH/c1-4-5-13-8-12(9-15(21-2)16(13)22-3)10-19-17(20)14-11-23-7-6-18-14;/h4,8-9,14,18H,1,5-7,10-11H2,2-3H3,(H,19,20);1H. The van der Waals surface area contributed by atoms with Crippen LogP contribution in [0.4, 0.5) is 0 Å². The molecule has 1 unspecified atom stereocenters. The van der Waals surface area contributed by atoms with Crippen LogP contribution in [0.2, 0.25) is 0 Å². The molecule has 7 heteroatoms. The van der Waals surface area contributed by atoms with Gasteiger partial charge in [0.25, 0.3) is 0 Å². The summed E-state index contributed by atoms with van der Waals surface area (Å²) in [5.74, 6) is 1.28. The van der Waals surface area contributed by atoms with Crippen molar-refractivity contribution in [1.82, 2.24) is 10.6 Å². The number of hydrogen-bond acceptors (Lipinski definition) is 5. The van der Waals surface area contributed by atoms with Gasteiger partial charge in [-0.05, 0) is 24.1 Å². The topological polar surface area (TPSA) is 68.8 Å². The summed E-state index contributed by atoms with van der Waals surface area (Å²) in [5, 5.41) is 6.06. The van der Waals surface area contributed by atoms with Gasteiger partial charge >= 0.3 is 0 Å². The smallest absolute Gasteiger partial charge is 0.239 e. The average Bonchev–Trinajstić information content (AvgIpc) is 2.60. The van der Waals surface area contributed by atoms with E-state index >= 15 is 0 Å². The van der Waals surface area contributed by atoms with Crippen LogP contribution in [0, 0.1) is 0 Å². The first kappa shape index (κ1) is 20.3. The normalized spacial score (nSPS) is 16.7. The molecule has 134 valence electrons. The van der Waals surface area contributed by atoms with Gasteiger partial charge in [-0.15, -0.1) is 19.0 Å². The first-order valence-electron chi connectivity index (χ1n) is 7.63. The summed E-state index contributed by atoms with van der Waals surface area (Å²) in [4.78, 5) is 12.1. The number of carbonyl (C=O) groups excluding carboxylic acids is 1. The van der Waals surface area contributed by atoms with E-state index in [0.717, 1.165) is 11.1 Å². The monoisotopic (exact) mass is 356 g/mol. The second-order valence-electron chi connectivity index (χ2n) is 5.28. The second kappa shape index (κ2) is 10.2. The molecule has 0 saturated carbocycles. The number of morpholine rings is 1. The third-order valence-electron chi connectivity index (χ3n) is 3.68. The lowest BCUT2D eigenvalue weighted by molar-refractivity contribution is -0.126. The predicted molar refractivity (Wildman–Crippen MR) is 95.2 cm³/mol. The van der Waals surface area contributed by atoms with Gasteiger partial charge in [0.2, 0.25) is 5.91 Å². The maximum absolute atomic E-state index is 12.1. The van der Waals surface area contributed by atoms with Crippen LogP contribution < -0.4 is 20.1 Å². The van der Waals surface area contributed by atoms with Gasteiger partial charge in [-0.3, -0.25) is 4.79 Å². The Morgan fingerprint density at radius 1 is 1.46 bits per heavy atom. The number of allylic oxidation sites excluding steroid dienone is 1. The van der Waals surface area contributed by atoms with E-state index in [1.165, 1.54) is 0 Å². The molecule has 1 aromatic carbocycles. The Balaban J connectivity index is 0.00000288. The summed E-state index contributed by atoms with van der Waals surface area (Å²) < 4.78 is 16.1. The van der Waals surface area contributed by atoms with Gasteiger partial charge in [0, 0.05) is 18.7 Å². The molecule has 1 aromatic rings. The molecule has 0 radical (unpaired) electrons. The van der Waals surface area contributed by atoms with E-state index in [-0.39, 0.29) is 24.4 Å². The van der Waals surface area contributed by atoms with Crippen molar-refractivity contribution in [1.29, 1.82) is 0 Å². The van der Waals surface area contributed by atoms with Crippen LogP contribution in [0.5, 0.6) is 11.5 Å². The fraction of sp³-hybridized carbons (Fsp3) is 0.471. The van der Waals surface area contributed by atoms with E-state index in [2.05, 4.69) is 17.2 Å². The van der Waals surface area contributed by atoms with Crippen LogP contribution >= 0.6 is 12.4 Å². The van der Waals surface area contributed by atoms with Crippen LogP contribution in [-0.4, -0.2) is 45.9 Å². The van der Waals surface area contributed by atoms with Gasteiger partial charge in [0.05, 0.1) is 27.4 Å². The van der Waals surface area contributed by atoms with Gasteiger partial charge < -0.3 is 24.8 Å². The minimum Gasteiger partial charge on any atom is -0.493 e. The zero-order valence-corrected chi connectivity index (χ0v) is 14.9. The minimum atomic E-state index is -0.295. The molecular weight excluding hydrogens is 332 g/mol. The quantitative estimate of drug-likeness (QED) is 0.724. The Bertz CT molecular complexity index is 560. The number of carbonyl (C=O) groups is 1. The van der Waals surface area contributed by atoms with Crippen LogP contribution in [0.3, 0.4) is 0 Å². The highest BCUT2D eigenvalue weighted by Gasteiger charge is 2.21. The van der Waals surface area contributed by atoms with Crippen molar-refractivity contribution in [3.63, 3.8) is 0 Å². The van der Waals surface area contributed by atoms with Crippen molar-refractivity contribution in [2.75, 3.05) is 34.0 Å². The molecule has 0 aliphatic carbocycles. The number of benzene rings is 1. The highest BCUT2D eigenvalue weighted by molar-refractivity contribution is 5.85. The van der Waals surface area contributed by atoms with Crippen molar-refractivity contribution >= 4 is 18.3 Å². The lowest BCUT2D eigenvalue weighted by Gasteiger charge is -2.23. The molecule has 0 spiro atoms. The molecule has 1 atom stereocenters. The molecule has 6 nitrogen and oxygen atoms in total. The molecule has 1 heterocycles. The average molecular weight is 357 g/mol. The third kappa shape index (κ3) is 5.12. The van der Waals surface area contributed by atoms with Crippen molar-refractivity contribution in [2.24, 2.45) is 0 Å². The van der Waals surface area contributed by atoms with E-state index in [1.807, 2.05) is 18.2 Å². The maximum atomic E-state index is 12.1. The molecule has 0 aromatic heterocycles. The number of rotatable bonds is 7. The summed E-state index contributed by atoms with van der Waals surface area (Å²) >= 11 is 0. The van der Waals surface area contributed by atoms with Crippen LogP contribution in [0.15, 0.2) is 24.8 Å². The van der Waals surface area contributed by atoms with Crippen LogP contribution in [0.1, 0.15) is 11.1 Å². The Kier molecular flexibility index (Phi) is 8.60. The predicted octanol–water partition coefficient (Wildman–Crippen LogP) is 1.46. The van der Waals surface area contributed by atoms with E-state index < -0.39 is 0 Å². The summed E-state index contributed by atoms with van der Waals surface area (Å²) in [5.41, 5.74) is 1.93. The highest BCUT2D eigenvalue weighted by Crippen LogP contribution is 2.33. The van der Waals surface area contributed by atoms with Gasteiger partial charge in [-0.2, -0.15) is 0 Å². The SMILES string of the molecule is C=CCc1cc(CNC(=O)C2COCCN2)cc(OC)c1OC.Cl. The molecule has 1 saturated heterocycles. The lowest BCUT2D eigenvalue weighted by atomic mass is 10.1. The van der Waals surface area contributed by atoms with Gasteiger partial charge in [0.15, 0.2) is 11.5 Å². The number of halogens is 1. The molecule has 2 N–H and O–H groups in total. The summed E-state index contributed by atoms with van der Waals surface area (Å²) in [7, 11) is 3.21. The zero-order chi connectivity index (χ0) is 16.7. The molecule has 0 bridgehead atoms. The number of nitrogens with one attached hydrogen (secondary N) is 2. The molecular formula is C17H25ClN2O4. The Labute approximate surface area is 149 Å². The van der Waals surface area contributed by atoms with Gasteiger partial charge in [-0.25, -0.2) is 0 Å². The second-order valence-corrected chi connectivity index (χ2v) is 5.28. The first-order chi connectivity index (χ1) is 11.2. The maximum Gasteiger partial charge on any atom is 0.239 e. The Morgan fingerprint density at radius 2 is 2.25 bits per heavy atom. The molecule has 24 heavy (non-hydrogen) atoms. The van der Waals surface area contributed by atoms with Crippen molar-refractivity contribution in [2.45, 2.75) is 19.0 Å². The van der Waals surface area contributed by atoms with E-state index in [9.17, 15) is 4.79 Å². The zero-order valence-electron chi connectivity index (χ0n) is 14.1. The van der Waals surface area contributed by atoms with E-state index in [0.29, 0.717) is 44.2 Å². The largest absolute Gasteiger partial charge is 0.493 e. The number of ether oxygens (including phenoxy) is 3. The highest BCUT2D eigenvalue weighted by atomic mass is 35.5. The number of hydrogen-bond donors (Lipinski definition) is 2. The molecule has 2 rings (SSSR count). The first-order valence-corrected chi connectivity index (χ1v) is 7.63. The van der Waals surface area contributed by atoms with Crippen molar-refractivity contribution in [3.05, 3.63) is 35.9 Å². The molecule has 1 aliphatic rings. The van der Waals surface area contributed by atoms with Crippen molar-refractivity contribution < 1.29 is 19.0 Å². The van der Waals surface area contributed by atoms with E-state index in [4.69, 9.17) is 14.2 Å². The number of methoxy groups -OCH3 is 2. The molecule has 1 amide bonds. The van der Waals surface area contributed by atoms with Gasteiger partial charge in [0.1, 0.15) is 6.04 Å². The Morgan fingerprint density at radius 3 is 2.83 bits per heavy atom. The summed E-state index contributed by atoms with van der Waals surface area (Å²) in [6, 6.07) is 3.57. The fourth-order valence-corrected chi connectivity index (χ4v) is 2.56. The molecule has 1 aliphatic heterocycles. The van der Waals surface area contributed by atoms with E-state index in [1.54, 1.807) is 14.2 Å². The third-order valence-corrected chi connectivity index (χ3v) is 3.68. The minimum absolute atomic E-state index is 0. The Hall–Kier alpha value is -1.76. The lowest BCUT2D eigenvalue weighted by Crippen LogP contribution is -2.51.